The number of hydrogen-bond acceptors (Lipinski definition) is 4. The maximum atomic E-state index is 6.00. The van der Waals surface area contributed by atoms with Gasteiger partial charge in [-0.3, -0.25) is 0 Å². The van der Waals surface area contributed by atoms with E-state index in [1.54, 1.807) is 14.2 Å². The third-order valence-electron chi connectivity index (χ3n) is 4.46. The van der Waals surface area contributed by atoms with Gasteiger partial charge in [-0.2, -0.15) is 0 Å². The van der Waals surface area contributed by atoms with Crippen molar-refractivity contribution in [3.8, 4) is 11.5 Å². The van der Waals surface area contributed by atoms with Crippen molar-refractivity contribution in [3.05, 3.63) is 17.7 Å². The Morgan fingerprint density at radius 2 is 1.95 bits per heavy atom. The Morgan fingerprint density at radius 1 is 1.19 bits per heavy atom. The summed E-state index contributed by atoms with van der Waals surface area (Å²) in [4.78, 5) is 2.60. The molecule has 4 heteroatoms. The number of nitrogens with zero attached hydrogens (tertiary/aromatic N) is 1. The van der Waals surface area contributed by atoms with Crippen molar-refractivity contribution in [2.75, 3.05) is 33.0 Å². The monoisotopic (exact) mass is 292 g/mol. The zero-order chi connectivity index (χ0) is 15.2. The van der Waals surface area contributed by atoms with Crippen molar-refractivity contribution in [1.29, 1.82) is 0 Å². The van der Waals surface area contributed by atoms with Gasteiger partial charge in [-0.15, -0.1) is 0 Å². The molecule has 0 spiro atoms. The summed E-state index contributed by atoms with van der Waals surface area (Å²) in [5.41, 5.74) is 7.85. The average Bonchev–Trinajstić information content (AvgIpc) is 2.49. The first-order chi connectivity index (χ1) is 10.2. The van der Waals surface area contributed by atoms with Crippen LogP contribution in [0.1, 0.15) is 38.2 Å². The molecule has 2 N–H and O–H groups in total. The van der Waals surface area contributed by atoms with Gasteiger partial charge in [-0.05, 0) is 57.3 Å². The molecular weight excluding hydrogens is 264 g/mol. The second kappa shape index (κ2) is 7.55. The zero-order valence-electron chi connectivity index (χ0n) is 13.5. The van der Waals surface area contributed by atoms with Gasteiger partial charge >= 0.3 is 0 Å². The highest BCUT2D eigenvalue weighted by Crippen LogP contribution is 2.31. The fraction of sp³-hybridized carbons (Fsp3) is 0.647. The first-order valence-corrected chi connectivity index (χ1v) is 7.90. The third kappa shape index (κ3) is 4.03. The Kier molecular flexibility index (Phi) is 5.74. The number of nitrogen functional groups attached to an aromatic ring is 1. The van der Waals surface area contributed by atoms with Gasteiger partial charge < -0.3 is 20.1 Å². The van der Waals surface area contributed by atoms with Gasteiger partial charge in [0.2, 0.25) is 0 Å². The first-order valence-electron chi connectivity index (χ1n) is 7.90. The van der Waals surface area contributed by atoms with Gasteiger partial charge in [0.05, 0.1) is 19.9 Å². The van der Waals surface area contributed by atoms with Crippen molar-refractivity contribution in [1.82, 2.24) is 4.90 Å². The molecular formula is C17H28N2O2. The van der Waals surface area contributed by atoms with Crippen LogP contribution >= 0.6 is 0 Å². The summed E-state index contributed by atoms with van der Waals surface area (Å²) in [7, 11) is 3.32. The molecule has 2 rings (SSSR count). The minimum atomic E-state index is 0.680. The summed E-state index contributed by atoms with van der Waals surface area (Å²) >= 11 is 0. The normalized spacial score (nSPS) is 19.5. The van der Waals surface area contributed by atoms with Crippen LogP contribution in [-0.2, 0) is 6.42 Å². The van der Waals surface area contributed by atoms with Crippen LogP contribution in [0.2, 0.25) is 0 Å². The van der Waals surface area contributed by atoms with Crippen molar-refractivity contribution in [3.63, 3.8) is 0 Å². The maximum Gasteiger partial charge on any atom is 0.145 e. The van der Waals surface area contributed by atoms with Crippen molar-refractivity contribution in [2.24, 2.45) is 0 Å². The third-order valence-corrected chi connectivity index (χ3v) is 4.46. The van der Waals surface area contributed by atoms with Crippen LogP contribution in [0.4, 0.5) is 5.69 Å². The lowest BCUT2D eigenvalue weighted by molar-refractivity contribution is 0.159. The minimum absolute atomic E-state index is 0.680. The van der Waals surface area contributed by atoms with Crippen LogP contribution < -0.4 is 15.2 Å². The van der Waals surface area contributed by atoms with E-state index < -0.39 is 0 Å². The van der Waals surface area contributed by atoms with Gasteiger partial charge in [0.15, 0.2) is 0 Å². The molecule has 1 aromatic rings. The standard InChI is InChI=1S/C17H28N2O2/c1-13-7-4-5-9-19(13)10-6-8-14-11-15(18)17(21-3)12-16(14)20-2/h11-13H,4-10,18H2,1-3H3. The topological polar surface area (TPSA) is 47.7 Å². The number of benzene rings is 1. The van der Waals surface area contributed by atoms with Crippen molar-refractivity contribution < 1.29 is 9.47 Å². The molecule has 0 aromatic heterocycles. The highest BCUT2D eigenvalue weighted by molar-refractivity contribution is 5.59. The first kappa shape index (κ1) is 16.0. The van der Waals surface area contributed by atoms with Crippen LogP contribution in [0, 0.1) is 0 Å². The van der Waals surface area contributed by atoms with Crippen molar-refractivity contribution in [2.45, 2.75) is 45.1 Å². The second-order valence-corrected chi connectivity index (χ2v) is 5.89. The summed E-state index contributed by atoms with van der Waals surface area (Å²) in [6, 6.07) is 4.59. The quantitative estimate of drug-likeness (QED) is 0.819. The fourth-order valence-corrected chi connectivity index (χ4v) is 3.15. The van der Waals surface area contributed by atoms with Crippen molar-refractivity contribution >= 4 is 5.69 Å². The van der Waals surface area contributed by atoms with E-state index in [1.165, 1.54) is 31.4 Å². The van der Waals surface area contributed by atoms with E-state index in [2.05, 4.69) is 11.8 Å². The molecule has 0 saturated carbocycles. The lowest BCUT2D eigenvalue weighted by atomic mass is 10.0. The predicted molar refractivity (Wildman–Crippen MR) is 87.2 cm³/mol. The van der Waals surface area contributed by atoms with Gasteiger partial charge in [0.25, 0.3) is 0 Å². The number of piperidine rings is 1. The Labute approximate surface area is 128 Å². The zero-order valence-corrected chi connectivity index (χ0v) is 13.5. The second-order valence-electron chi connectivity index (χ2n) is 5.89. The van der Waals surface area contributed by atoms with Crippen LogP contribution in [0.5, 0.6) is 11.5 Å². The molecule has 1 heterocycles. The van der Waals surface area contributed by atoms with Crippen LogP contribution in [0.25, 0.3) is 0 Å². The van der Waals surface area contributed by atoms with E-state index in [4.69, 9.17) is 15.2 Å². The predicted octanol–water partition coefficient (Wildman–Crippen LogP) is 3.09. The van der Waals surface area contributed by atoms with Crippen LogP contribution in [0.3, 0.4) is 0 Å². The van der Waals surface area contributed by atoms with Gasteiger partial charge in [0, 0.05) is 12.1 Å². The Balaban J connectivity index is 1.94. The number of likely N-dealkylation sites (tertiary alicyclic amines) is 1. The SMILES string of the molecule is COc1cc(OC)c(CCCN2CCCCC2C)cc1N. The molecule has 1 atom stereocenters. The maximum absolute atomic E-state index is 6.00. The number of rotatable bonds is 6. The number of ether oxygens (including phenoxy) is 2. The highest BCUT2D eigenvalue weighted by Gasteiger charge is 2.17. The molecule has 1 aliphatic heterocycles. The molecule has 4 nitrogen and oxygen atoms in total. The van der Waals surface area contributed by atoms with Gasteiger partial charge in [-0.1, -0.05) is 6.42 Å². The van der Waals surface area contributed by atoms with E-state index >= 15 is 0 Å². The number of anilines is 1. The van der Waals surface area contributed by atoms with Gasteiger partial charge in [0.1, 0.15) is 11.5 Å². The summed E-state index contributed by atoms with van der Waals surface area (Å²) in [6.07, 6.45) is 6.16. The molecule has 1 aromatic carbocycles. The lowest BCUT2D eigenvalue weighted by Gasteiger charge is -2.33. The van der Waals surface area contributed by atoms with E-state index in [1.807, 2.05) is 12.1 Å². The summed E-state index contributed by atoms with van der Waals surface area (Å²) in [5, 5.41) is 0. The Bertz CT molecular complexity index is 462. The molecule has 0 bridgehead atoms. The molecule has 1 unspecified atom stereocenters. The molecule has 0 aliphatic carbocycles. The smallest absolute Gasteiger partial charge is 0.145 e. The summed E-state index contributed by atoms with van der Waals surface area (Å²) in [5.74, 6) is 1.55. The summed E-state index contributed by atoms with van der Waals surface area (Å²) < 4.78 is 10.7. The molecule has 0 radical (unpaired) electrons. The molecule has 118 valence electrons. The minimum Gasteiger partial charge on any atom is -0.496 e. The van der Waals surface area contributed by atoms with Gasteiger partial charge in [-0.25, -0.2) is 0 Å². The molecule has 1 fully saturated rings. The highest BCUT2D eigenvalue weighted by atomic mass is 16.5. The number of hydrogen-bond donors (Lipinski definition) is 1. The van der Waals surface area contributed by atoms with E-state index in [9.17, 15) is 0 Å². The molecule has 1 saturated heterocycles. The summed E-state index contributed by atoms with van der Waals surface area (Å²) in [6.45, 7) is 4.73. The molecule has 1 aliphatic rings. The Hall–Kier alpha value is -1.42. The lowest BCUT2D eigenvalue weighted by Crippen LogP contribution is -2.38. The number of methoxy groups -OCH3 is 2. The number of aryl methyl sites for hydroxylation is 1. The largest absolute Gasteiger partial charge is 0.496 e. The molecule has 21 heavy (non-hydrogen) atoms. The van der Waals surface area contributed by atoms with E-state index in [-0.39, 0.29) is 0 Å². The van der Waals surface area contributed by atoms with E-state index in [0.29, 0.717) is 11.4 Å². The Morgan fingerprint density at radius 3 is 2.62 bits per heavy atom. The molecule has 0 amide bonds. The fourth-order valence-electron chi connectivity index (χ4n) is 3.15. The number of nitrogens with two attached hydrogens (primary N) is 1. The van der Waals surface area contributed by atoms with E-state index in [0.717, 1.165) is 31.2 Å². The average molecular weight is 292 g/mol. The van der Waals surface area contributed by atoms with Crippen LogP contribution in [0.15, 0.2) is 12.1 Å². The van der Waals surface area contributed by atoms with Crippen LogP contribution in [-0.4, -0.2) is 38.3 Å².